The summed E-state index contributed by atoms with van der Waals surface area (Å²) in [5, 5.41) is 0.823. The van der Waals surface area contributed by atoms with Crippen LogP contribution in [0.2, 0.25) is 0 Å². The lowest BCUT2D eigenvalue weighted by molar-refractivity contribution is -0.131. The van der Waals surface area contributed by atoms with Crippen molar-refractivity contribution in [2.45, 2.75) is 64.3 Å². The SMILES string of the molecule is Cc1sc2nc(C3CC3)n(C3CCN(CC(=O)N4CCCC4)CC3)c(=O)c2c1C. The van der Waals surface area contributed by atoms with E-state index in [1.54, 1.807) is 11.3 Å². The zero-order chi connectivity index (χ0) is 20.1. The molecule has 0 bridgehead atoms. The van der Waals surface area contributed by atoms with Crippen LogP contribution in [0.3, 0.4) is 0 Å². The van der Waals surface area contributed by atoms with Crippen LogP contribution in [0.4, 0.5) is 0 Å². The zero-order valence-electron chi connectivity index (χ0n) is 17.4. The van der Waals surface area contributed by atoms with Crippen molar-refractivity contribution in [3.05, 3.63) is 26.6 Å². The fraction of sp³-hybridized carbons (Fsp3) is 0.682. The van der Waals surface area contributed by atoms with Gasteiger partial charge in [-0.25, -0.2) is 4.98 Å². The minimum atomic E-state index is 0.158. The van der Waals surface area contributed by atoms with Gasteiger partial charge >= 0.3 is 0 Å². The quantitative estimate of drug-likeness (QED) is 0.771. The van der Waals surface area contributed by atoms with E-state index in [4.69, 9.17) is 4.98 Å². The van der Waals surface area contributed by atoms with E-state index in [2.05, 4.69) is 11.8 Å². The topological polar surface area (TPSA) is 58.4 Å². The summed E-state index contributed by atoms with van der Waals surface area (Å²) < 4.78 is 2.04. The van der Waals surface area contributed by atoms with Gasteiger partial charge in [-0.2, -0.15) is 0 Å². The number of amides is 1. The van der Waals surface area contributed by atoms with E-state index in [9.17, 15) is 9.59 Å². The van der Waals surface area contributed by atoms with Crippen molar-refractivity contribution >= 4 is 27.5 Å². The third kappa shape index (κ3) is 3.52. The Morgan fingerprint density at radius 2 is 1.76 bits per heavy atom. The first kappa shape index (κ1) is 19.2. The lowest BCUT2D eigenvalue weighted by Gasteiger charge is -2.34. The number of aryl methyl sites for hydroxylation is 2. The molecular weight excluding hydrogens is 384 g/mol. The van der Waals surface area contributed by atoms with Gasteiger partial charge in [-0.15, -0.1) is 11.3 Å². The van der Waals surface area contributed by atoms with Crippen molar-refractivity contribution in [1.82, 2.24) is 19.4 Å². The molecule has 3 fully saturated rings. The average molecular weight is 415 g/mol. The average Bonchev–Trinajstić information content (AvgIpc) is 3.32. The molecule has 29 heavy (non-hydrogen) atoms. The first-order chi connectivity index (χ1) is 14.0. The van der Waals surface area contributed by atoms with Crippen LogP contribution < -0.4 is 5.56 Å². The molecule has 3 aliphatic rings. The number of thiophene rings is 1. The Hall–Kier alpha value is -1.73. The van der Waals surface area contributed by atoms with Gasteiger partial charge in [-0.3, -0.25) is 19.1 Å². The summed E-state index contributed by atoms with van der Waals surface area (Å²) in [4.78, 5) is 37.3. The van der Waals surface area contributed by atoms with Gasteiger partial charge in [0.2, 0.25) is 5.91 Å². The normalized spacial score (nSPS) is 21.4. The molecule has 6 nitrogen and oxygen atoms in total. The van der Waals surface area contributed by atoms with Crippen LogP contribution in [0.5, 0.6) is 0 Å². The highest BCUT2D eigenvalue weighted by molar-refractivity contribution is 7.18. The lowest BCUT2D eigenvalue weighted by atomic mass is 10.0. The molecule has 0 spiro atoms. The molecule has 1 saturated carbocycles. The molecule has 2 saturated heterocycles. The first-order valence-electron chi connectivity index (χ1n) is 11.0. The predicted octanol–water partition coefficient (Wildman–Crippen LogP) is 3.21. The first-order valence-corrected chi connectivity index (χ1v) is 11.9. The minimum Gasteiger partial charge on any atom is -0.342 e. The number of aromatic nitrogens is 2. The van der Waals surface area contributed by atoms with Crippen molar-refractivity contribution in [1.29, 1.82) is 0 Å². The zero-order valence-corrected chi connectivity index (χ0v) is 18.3. The fourth-order valence-electron chi connectivity index (χ4n) is 4.90. The van der Waals surface area contributed by atoms with Gasteiger partial charge in [0.05, 0.1) is 11.9 Å². The number of carbonyl (C=O) groups excluding carboxylic acids is 1. The Kier molecular flexibility index (Phi) is 4.98. The molecule has 0 N–H and O–H groups in total. The molecule has 156 valence electrons. The highest BCUT2D eigenvalue weighted by Crippen LogP contribution is 2.41. The van der Waals surface area contributed by atoms with Crippen LogP contribution in [-0.2, 0) is 4.79 Å². The maximum atomic E-state index is 13.5. The molecule has 4 heterocycles. The van der Waals surface area contributed by atoms with Crippen LogP contribution in [0.15, 0.2) is 4.79 Å². The van der Waals surface area contributed by atoms with E-state index in [-0.39, 0.29) is 17.5 Å². The Morgan fingerprint density at radius 3 is 2.41 bits per heavy atom. The molecule has 2 aliphatic heterocycles. The van der Waals surface area contributed by atoms with Gasteiger partial charge in [-0.05, 0) is 57.9 Å². The molecule has 1 aliphatic carbocycles. The van der Waals surface area contributed by atoms with Crippen LogP contribution in [0, 0.1) is 13.8 Å². The molecule has 0 aromatic carbocycles. The number of carbonyl (C=O) groups is 1. The maximum Gasteiger partial charge on any atom is 0.262 e. The Bertz CT molecular complexity index is 992. The van der Waals surface area contributed by atoms with Gasteiger partial charge in [0.1, 0.15) is 10.7 Å². The largest absolute Gasteiger partial charge is 0.342 e. The van der Waals surface area contributed by atoms with Gasteiger partial charge < -0.3 is 4.90 Å². The maximum absolute atomic E-state index is 13.5. The minimum absolute atomic E-state index is 0.158. The summed E-state index contributed by atoms with van der Waals surface area (Å²) in [5.41, 5.74) is 1.25. The van der Waals surface area contributed by atoms with Crippen LogP contribution in [-0.4, -0.2) is 58.0 Å². The van der Waals surface area contributed by atoms with Crippen LogP contribution >= 0.6 is 11.3 Å². The molecular formula is C22H30N4O2S. The second kappa shape index (κ2) is 7.51. The predicted molar refractivity (Wildman–Crippen MR) is 116 cm³/mol. The van der Waals surface area contributed by atoms with Crippen molar-refractivity contribution in [3.63, 3.8) is 0 Å². The van der Waals surface area contributed by atoms with Crippen molar-refractivity contribution in [3.8, 4) is 0 Å². The monoisotopic (exact) mass is 414 g/mol. The number of hydrogen-bond donors (Lipinski definition) is 0. The molecule has 2 aromatic rings. The van der Waals surface area contributed by atoms with Gasteiger partial charge in [-0.1, -0.05) is 0 Å². The van der Waals surface area contributed by atoms with Gasteiger partial charge in [0, 0.05) is 43.0 Å². The summed E-state index contributed by atoms with van der Waals surface area (Å²) in [6.07, 6.45) is 6.40. The van der Waals surface area contributed by atoms with E-state index < -0.39 is 0 Å². The molecule has 2 aromatic heterocycles. The fourth-order valence-corrected chi connectivity index (χ4v) is 5.92. The summed E-state index contributed by atoms with van der Waals surface area (Å²) >= 11 is 1.65. The number of nitrogens with zero attached hydrogens (tertiary/aromatic N) is 4. The number of piperidine rings is 1. The van der Waals surface area contributed by atoms with E-state index >= 15 is 0 Å². The van der Waals surface area contributed by atoms with Crippen LogP contribution in [0.1, 0.15) is 66.7 Å². The highest BCUT2D eigenvalue weighted by Gasteiger charge is 2.34. The van der Waals surface area contributed by atoms with E-state index in [0.29, 0.717) is 12.5 Å². The number of rotatable bonds is 4. The highest BCUT2D eigenvalue weighted by atomic mass is 32.1. The molecule has 0 radical (unpaired) electrons. The Morgan fingerprint density at radius 1 is 1.07 bits per heavy atom. The summed E-state index contributed by atoms with van der Waals surface area (Å²) in [5.74, 6) is 1.73. The summed E-state index contributed by atoms with van der Waals surface area (Å²) in [7, 11) is 0. The lowest BCUT2D eigenvalue weighted by Crippen LogP contribution is -2.44. The smallest absolute Gasteiger partial charge is 0.262 e. The van der Waals surface area contributed by atoms with Crippen molar-refractivity contribution in [2.75, 3.05) is 32.7 Å². The van der Waals surface area contributed by atoms with Crippen molar-refractivity contribution in [2.24, 2.45) is 0 Å². The number of likely N-dealkylation sites (tertiary alicyclic amines) is 2. The molecule has 5 rings (SSSR count). The van der Waals surface area contributed by atoms with E-state index in [0.717, 1.165) is 86.3 Å². The van der Waals surface area contributed by atoms with Gasteiger partial charge in [0.15, 0.2) is 0 Å². The molecule has 0 atom stereocenters. The second-order valence-corrected chi connectivity index (χ2v) is 10.2. The van der Waals surface area contributed by atoms with Crippen molar-refractivity contribution < 1.29 is 4.79 Å². The second-order valence-electron chi connectivity index (χ2n) is 8.98. The summed E-state index contributed by atoms with van der Waals surface area (Å²) in [6.45, 7) is 8.24. The van der Waals surface area contributed by atoms with Crippen LogP contribution in [0.25, 0.3) is 10.2 Å². The standard InChI is InChI=1S/C22H30N4O2S/c1-14-15(2)29-21-19(14)22(28)26(20(23-21)16-5-6-16)17-7-11-24(12-8-17)13-18(27)25-9-3-4-10-25/h16-17H,3-13H2,1-2H3. The summed E-state index contributed by atoms with van der Waals surface area (Å²) in [6, 6.07) is 0.202. The molecule has 7 heteroatoms. The van der Waals surface area contributed by atoms with E-state index in [1.807, 2.05) is 16.4 Å². The Balaban J connectivity index is 1.37. The third-order valence-corrected chi connectivity index (χ3v) is 8.05. The number of hydrogen-bond acceptors (Lipinski definition) is 5. The van der Waals surface area contributed by atoms with Gasteiger partial charge in [0.25, 0.3) is 5.56 Å². The third-order valence-electron chi connectivity index (χ3n) is 6.94. The number of fused-ring (bicyclic) bond motifs is 1. The Labute approximate surface area is 175 Å². The molecule has 0 unspecified atom stereocenters. The van der Waals surface area contributed by atoms with E-state index in [1.165, 1.54) is 4.88 Å². The molecule has 1 amide bonds.